The summed E-state index contributed by atoms with van der Waals surface area (Å²) in [5.41, 5.74) is 2.93. The van der Waals surface area contributed by atoms with Crippen molar-refractivity contribution in [2.24, 2.45) is 0 Å². The number of ketones is 1. The van der Waals surface area contributed by atoms with Crippen LogP contribution in [-0.2, 0) is 22.6 Å². The van der Waals surface area contributed by atoms with E-state index in [-0.39, 0.29) is 18.2 Å². The summed E-state index contributed by atoms with van der Waals surface area (Å²) in [5.74, 6) is -1.06. The van der Waals surface area contributed by atoms with Crippen LogP contribution in [0.25, 0.3) is 5.76 Å². The average Bonchev–Trinajstić information content (AvgIpc) is 3.31. The number of hydrogen-bond acceptors (Lipinski definition) is 4. The van der Waals surface area contributed by atoms with E-state index in [1.807, 2.05) is 61.5 Å². The van der Waals surface area contributed by atoms with Gasteiger partial charge in [0.05, 0.1) is 6.04 Å². The number of likely N-dealkylation sites (tertiary alicyclic amines) is 1. The number of amides is 1. The number of hydrogen-bond donors (Lipinski definition) is 0. The zero-order valence-electron chi connectivity index (χ0n) is 18.0. The van der Waals surface area contributed by atoms with Gasteiger partial charge in [-0.2, -0.15) is 0 Å². The Hall–Kier alpha value is -3.38. The first-order valence-electron chi connectivity index (χ1n) is 10.8. The summed E-state index contributed by atoms with van der Waals surface area (Å²) < 4.78 is 6.61. The van der Waals surface area contributed by atoms with Gasteiger partial charge >= 0.3 is 0 Å². The van der Waals surface area contributed by atoms with E-state index in [9.17, 15) is 14.7 Å². The van der Waals surface area contributed by atoms with Crippen molar-refractivity contribution in [3.8, 4) is 5.75 Å². The molecule has 2 aliphatic rings. The third-order valence-electron chi connectivity index (χ3n) is 6.07. The maximum Gasteiger partial charge on any atom is 0.295 e. The van der Waals surface area contributed by atoms with Crippen molar-refractivity contribution in [1.82, 2.24) is 4.90 Å². The Bertz CT molecular complexity index is 1270. The maximum atomic E-state index is 13.6. The molecule has 1 saturated heterocycles. The summed E-state index contributed by atoms with van der Waals surface area (Å²) in [4.78, 5) is 27.8. The molecule has 2 aliphatic heterocycles. The van der Waals surface area contributed by atoms with Crippen molar-refractivity contribution in [1.29, 1.82) is 0 Å². The van der Waals surface area contributed by atoms with Gasteiger partial charge in [-0.15, -0.1) is 0 Å². The van der Waals surface area contributed by atoms with Gasteiger partial charge in [0.2, 0.25) is 5.78 Å². The van der Waals surface area contributed by atoms with Gasteiger partial charge in [0.15, 0.2) is 0 Å². The lowest BCUT2D eigenvalue weighted by molar-refractivity contribution is -0.245. The number of fused-ring (bicyclic) bond motifs is 1. The molecule has 33 heavy (non-hydrogen) atoms. The highest BCUT2D eigenvalue weighted by Gasteiger charge is 2.44. The molecule has 5 rings (SSSR count). The number of benzene rings is 3. The number of nitrogens with zero attached hydrogens (tertiary/aromatic N) is 1. The molecule has 1 amide bonds. The van der Waals surface area contributed by atoms with Crippen LogP contribution in [0.5, 0.6) is 5.75 Å². The lowest BCUT2D eigenvalue weighted by Gasteiger charge is -2.28. The Labute approximate surface area is 200 Å². The van der Waals surface area contributed by atoms with Gasteiger partial charge in [-0.25, -0.2) is 0 Å². The fourth-order valence-electron chi connectivity index (χ4n) is 4.52. The first-order valence-corrected chi connectivity index (χ1v) is 11.6. The van der Waals surface area contributed by atoms with E-state index < -0.39 is 23.5 Å². The van der Waals surface area contributed by atoms with Crippen molar-refractivity contribution < 1.29 is 19.4 Å². The second-order valence-corrected chi connectivity index (χ2v) is 9.32. The monoisotopic (exact) mass is 502 g/mol. The molecule has 2 unspecified atom stereocenters. The number of halogens is 1. The Morgan fingerprint density at radius 3 is 2.52 bits per heavy atom. The minimum Gasteiger partial charge on any atom is -0.872 e. The van der Waals surface area contributed by atoms with Crippen LogP contribution < -0.4 is 9.84 Å². The minimum atomic E-state index is -0.755. The largest absolute Gasteiger partial charge is 0.872 e. The molecule has 6 heteroatoms. The molecule has 2 atom stereocenters. The zero-order chi connectivity index (χ0) is 23.1. The molecule has 3 aromatic rings. The van der Waals surface area contributed by atoms with Gasteiger partial charge in [-0.1, -0.05) is 70.2 Å². The second-order valence-electron chi connectivity index (χ2n) is 8.40. The molecule has 0 N–H and O–H groups in total. The van der Waals surface area contributed by atoms with E-state index in [1.54, 1.807) is 18.2 Å². The van der Waals surface area contributed by atoms with Crippen LogP contribution in [0, 0.1) is 0 Å². The molecule has 0 spiro atoms. The summed E-state index contributed by atoms with van der Waals surface area (Å²) in [6.07, 6.45) is 0.749. The number of ether oxygens (including phenoxy) is 1. The smallest absolute Gasteiger partial charge is 0.295 e. The van der Waals surface area contributed by atoms with Crippen LogP contribution in [0.1, 0.15) is 35.2 Å². The Morgan fingerprint density at radius 2 is 1.79 bits per heavy atom. The van der Waals surface area contributed by atoms with Crippen molar-refractivity contribution >= 4 is 33.4 Å². The SMILES string of the molecule is CC1Cc2cc(C([O-])=C3C(=O)C(=O)N(Cc4ccccc4)C3c3ccc(Br)cc3)ccc2O1. The molecular formula is C27H21BrNO4-. The van der Waals surface area contributed by atoms with Gasteiger partial charge in [0.1, 0.15) is 11.9 Å². The summed E-state index contributed by atoms with van der Waals surface area (Å²) in [5, 5.41) is 13.6. The van der Waals surface area contributed by atoms with Gasteiger partial charge in [-0.3, -0.25) is 9.59 Å². The summed E-state index contributed by atoms with van der Waals surface area (Å²) in [6.45, 7) is 2.21. The van der Waals surface area contributed by atoms with Crippen LogP contribution in [0.15, 0.2) is 82.8 Å². The van der Waals surface area contributed by atoms with Crippen LogP contribution in [0.4, 0.5) is 0 Å². The van der Waals surface area contributed by atoms with Crippen LogP contribution >= 0.6 is 15.9 Å². The predicted octanol–water partition coefficient (Wildman–Crippen LogP) is 4.20. The van der Waals surface area contributed by atoms with Crippen LogP contribution in [0.3, 0.4) is 0 Å². The third-order valence-corrected chi connectivity index (χ3v) is 6.60. The van der Waals surface area contributed by atoms with Gasteiger partial charge < -0.3 is 14.7 Å². The summed E-state index contributed by atoms with van der Waals surface area (Å²) in [7, 11) is 0. The Kier molecular flexibility index (Phi) is 5.54. The molecule has 1 fully saturated rings. The Morgan fingerprint density at radius 1 is 1.06 bits per heavy atom. The third kappa shape index (κ3) is 3.95. The number of Topliss-reactive ketones (excluding diaryl/α,β-unsaturated/α-hetero) is 1. The highest BCUT2D eigenvalue weighted by molar-refractivity contribution is 9.10. The first kappa shape index (κ1) is 21.5. The lowest BCUT2D eigenvalue weighted by atomic mass is 9.94. The Balaban J connectivity index is 1.62. The second kappa shape index (κ2) is 8.52. The normalized spacial score (nSPS) is 21.2. The highest BCUT2D eigenvalue weighted by Crippen LogP contribution is 2.40. The zero-order valence-corrected chi connectivity index (χ0v) is 19.5. The maximum absolute atomic E-state index is 13.6. The van der Waals surface area contributed by atoms with Crippen molar-refractivity contribution in [2.75, 3.05) is 0 Å². The minimum absolute atomic E-state index is 0.00910. The highest BCUT2D eigenvalue weighted by atomic mass is 79.9. The molecule has 0 radical (unpaired) electrons. The van der Waals surface area contributed by atoms with E-state index in [0.29, 0.717) is 12.0 Å². The van der Waals surface area contributed by atoms with Crippen LogP contribution in [-0.4, -0.2) is 22.7 Å². The molecule has 0 aliphatic carbocycles. The van der Waals surface area contributed by atoms with Gasteiger partial charge in [0.25, 0.3) is 5.91 Å². The molecule has 3 aromatic carbocycles. The summed E-state index contributed by atoms with van der Waals surface area (Å²) >= 11 is 3.43. The molecule has 0 bridgehead atoms. The molecule has 5 nitrogen and oxygen atoms in total. The van der Waals surface area contributed by atoms with E-state index in [4.69, 9.17) is 4.74 Å². The molecular weight excluding hydrogens is 482 g/mol. The van der Waals surface area contributed by atoms with E-state index in [0.717, 1.165) is 26.9 Å². The number of carbonyl (C=O) groups excluding carboxylic acids is 2. The van der Waals surface area contributed by atoms with E-state index >= 15 is 0 Å². The van der Waals surface area contributed by atoms with Crippen molar-refractivity contribution in [3.05, 3.63) is 105 Å². The number of rotatable bonds is 4. The molecule has 0 aromatic heterocycles. The van der Waals surface area contributed by atoms with E-state index in [2.05, 4.69) is 15.9 Å². The fourth-order valence-corrected chi connectivity index (χ4v) is 4.79. The molecule has 166 valence electrons. The molecule has 2 heterocycles. The van der Waals surface area contributed by atoms with Gasteiger partial charge in [0, 0.05) is 23.0 Å². The standard InChI is InChI=1S/C27H22BrNO4/c1-16-13-20-14-19(9-12-22(20)33-16)25(30)23-24(18-7-10-21(28)11-8-18)29(27(32)26(23)31)15-17-5-3-2-4-6-17/h2-12,14,16,24,30H,13,15H2,1H3/p-1. The quantitative estimate of drug-likeness (QED) is 0.304. The lowest BCUT2D eigenvalue weighted by Crippen LogP contribution is -2.29. The topological polar surface area (TPSA) is 69.7 Å². The first-order chi connectivity index (χ1) is 15.9. The van der Waals surface area contributed by atoms with Crippen LogP contribution in [0.2, 0.25) is 0 Å². The predicted molar refractivity (Wildman–Crippen MR) is 126 cm³/mol. The summed E-state index contributed by atoms with van der Waals surface area (Å²) in [6, 6.07) is 21.3. The fraction of sp³-hybridized carbons (Fsp3) is 0.185. The van der Waals surface area contributed by atoms with Crippen molar-refractivity contribution in [3.63, 3.8) is 0 Å². The van der Waals surface area contributed by atoms with Crippen molar-refractivity contribution in [2.45, 2.75) is 32.0 Å². The average molecular weight is 503 g/mol. The number of carbonyl (C=O) groups is 2. The molecule has 0 saturated carbocycles. The van der Waals surface area contributed by atoms with Gasteiger partial charge in [-0.05, 0) is 53.4 Å². The van der Waals surface area contributed by atoms with E-state index in [1.165, 1.54) is 4.90 Å².